The minimum absolute atomic E-state index is 0.0801. The van der Waals surface area contributed by atoms with Gasteiger partial charge in [0, 0.05) is 5.69 Å². The van der Waals surface area contributed by atoms with Crippen LogP contribution in [-0.2, 0) is 10.0 Å². The van der Waals surface area contributed by atoms with E-state index >= 15 is 0 Å². The van der Waals surface area contributed by atoms with Crippen LogP contribution in [0.1, 0.15) is 11.1 Å². The molecule has 2 N–H and O–H groups in total. The second-order valence-electron chi connectivity index (χ2n) is 7.26. The molecule has 164 valence electrons. The number of halogens is 1. The molecular formula is C23H21ClN4O3S. The Morgan fingerprint density at radius 3 is 2.25 bits per heavy atom. The minimum atomic E-state index is -3.91. The summed E-state index contributed by atoms with van der Waals surface area (Å²) in [6.07, 6.45) is 0. The second-order valence-corrected chi connectivity index (χ2v) is 9.32. The van der Waals surface area contributed by atoms with Crippen LogP contribution in [0, 0.1) is 13.8 Å². The number of ether oxygens (including phenoxy) is 1. The van der Waals surface area contributed by atoms with Gasteiger partial charge in [-0.15, -0.1) is 0 Å². The lowest BCUT2D eigenvalue weighted by molar-refractivity contribution is 0.415. The van der Waals surface area contributed by atoms with E-state index < -0.39 is 10.0 Å². The number of benzene rings is 3. The highest BCUT2D eigenvalue weighted by molar-refractivity contribution is 7.92. The molecule has 9 heteroatoms. The van der Waals surface area contributed by atoms with Gasteiger partial charge >= 0.3 is 0 Å². The number of fused-ring (bicyclic) bond motifs is 1. The van der Waals surface area contributed by atoms with Crippen LogP contribution in [0.3, 0.4) is 0 Å². The van der Waals surface area contributed by atoms with Crippen molar-refractivity contribution in [1.29, 1.82) is 0 Å². The molecule has 0 radical (unpaired) electrons. The van der Waals surface area contributed by atoms with Crippen LogP contribution in [0.5, 0.6) is 5.75 Å². The van der Waals surface area contributed by atoms with Crippen molar-refractivity contribution in [3.63, 3.8) is 0 Å². The molecule has 1 heterocycles. The monoisotopic (exact) mass is 468 g/mol. The van der Waals surface area contributed by atoms with Crippen LogP contribution in [0.2, 0.25) is 5.02 Å². The molecule has 0 aliphatic carbocycles. The van der Waals surface area contributed by atoms with E-state index in [0.29, 0.717) is 33.1 Å². The number of anilines is 3. The Morgan fingerprint density at radius 1 is 0.906 bits per heavy atom. The number of aryl methyl sites for hydroxylation is 2. The molecule has 0 atom stereocenters. The van der Waals surface area contributed by atoms with Crippen molar-refractivity contribution >= 4 is 50.0 Å². The van der Waals surface area contributed by atoms with Crippen molar-refractivity contribution in [2.45, 2.75) is 18.7 Å². The Hall–Kier alpha value is -3.36. The van der Waals surface area contributed by atoms with E-state index in [1.54, 1.807) is 49.4 Å². The average molecular weight is 469 g/mol. The van der Waals surface area contributed by atoms with Gasteiger partial charge in [-0.25, -0.2) is 18.4 Å². The van der Waals surface area contributed by atoms with Crippen molar-refractivity contribution in [1.82, 2.24) is 9.97 Å². The second kappa shape index (κ2) is 8.64. The molecule has 0 spiro atoms. The molecule has 4 rings (SSSR count). The normalized spacial score (nSPS) is 11.4. The predicted molar refractivity (Wildman–Crippen MR) is 128 cm³/mol. The first-order chi connectivity index (χ1) is 15.3. The van der Waals surface area contributed by atoms with Gasteiger partial charge in [0.2, 0.25) is 0 Å². The topological polar surface area (TPSA) is 93.2 Å². The van der Waals surface area contributed by atoms with Gasteiger partial charge < -0.3 is 10.1 Å². The first-order valence-electron chi connectivity index (χ1n) is 9.74. The third-order valence-corrected chi connectivity index (χ3v) is 6.63. The number of rotatable bonds is 6. The highest BCUT2D eigenvalue weighted by Gasteiger charge is 2.21. The Balaban J connectivity index is 1.79. The maximum absolute atomic E-state index is 13.2. The van der Waals surface area contributed by atoms with Gasteiger partial charge in [0.15, 0.2) is 11.6 Å². The van der Waals surface area contributed by atoms with Crippen LogP contribution < -0.4 is 14.8 Å². The average Bonchev–Trinajstić information content (AvgIpc) is 2.75. The largest absolute Gasteiger partial charge is 0.495 e. The third-order valence-electron chi connectivity index (χ3n) is 4.85. The van der Waals surface area contributed by atoms with Crippen molar-refractivity contribution in [3.05, 3.63) is 76.8 Å². The zero-order valence-electron chi connectivity index (χ0n) is 17.7. The molecule has 0 bridgehead atoms. The SMILES string of the molecule is COc1ccc(Nc2nc3ccccc3nc2NS(=O)(=O)c2cc(C)ccc2C)cc1Cl. The molecule has 0 aliphatic rings. The molecule has 0 fully saturated rings. The van der Waals surface area contributed by atoms with Gasteiger partial charge in [0.1, 0.15) is 5.75 Å². The van der Waals surface area contributed by atoms with Gasteiger partial charge in [-0.3, -0.25) is 4.72 Å². The number of methoxy groups -OCH3 is 1. The molecule has 1 aromatic heterocycles. The summed E-state index contributed by atoms with van der Waals surface area (Å²) in [5.74, 6) is 0.855. The fourth-order valence-electron chi connectivity index (χ4n) is 3.22. The zero-order chi connectivity index (χ0) is 22.9. The summed E-state index contributed by atoms with van der Waals surface area (Å²) in [5, 5.41) is 3.52. The number of aromatic nitrogens is 2. The Labute approximate surface area is 191 Å². The van der Waals surface area contributed by atoms with Gasteiger partial charge in [-0.2, -0.15) is 0 Å². The number of nitrogens with zero attached hydrogens (tertiary/aromatic N) is 2. The molecule has 7 nitrogen and oxygen atoms in total. The highest BCUT2D eigenvalue weighted by Crippen LogP contribution is 2.32. The van der Waals surface area contributed by atoms with E-state index in [2.05, 4.69) is 20.0 Å². The summed E-state index contributed by atoms with van der Waals surface area (Å²) in [6, 6.07) is 17.6. The van der Waals surface area contributed by atoms with Gasteiger partial charge in [0.25, 0.3) is 10.0 Å². The molecule has 0 saturated heterocycles. The smallest absolute Gasteiger partial charge is 0.263 e. The Kier molecular flexibility index (Phi) is 5.90. The number of sulfonamides is 1. The molecule has 32 heavy (non-hydrogen) atoms. The lowest BCUT2D eigenvalue weighted by Crippen LogP contribution is -2.17. The maximum atomic E-state index is 13.2. The molecule has 0 amide bonds. The molecule has 0 aliphatic heterocycles. The van der Waals surface area contributed by atoms with Gasteiger partial charge in [-0.1, -0.05) is 35.9 Å². The summed E-state index contributed by atoms with van der Waals surface area (Å²) >= 11 is 6.24. The summed E-state index contributed by atoms with van der Waals surface area (Å²) < 4.78 is 34.2. The standard InChI is InChI=1S/C23H21ClN4O3S/c1-14-8-9-15(2)21(12-14)32(29,30)28-23-22(26-18-6-4-5-7-19(18)27-23)25-16-10-11-20(31-3)17(24)13-16/h4-13H,1-3H3,(H,25,26)(H,27,28). The summed E-state index contributed by atoms with van der Waals surface area (Å²) in [4.78, 5) is 9.29. The first-order valence-corrected chi connectivity index (χ1v) is 11.6. The molecular weight excluding hydrogens is 448 g/mol. The van der Waals surface area contributed by atoms with Crippen LogP contribution in [0.4, 0.5) is 17.3 Å². The minimum Gasteiger partial charge on any atom is -0.495 e. The van der Waals surface area contributed by atoms with Crippen LogP contribution in [0.15, 0.2) is 65.6 Å². The lowest BCUT2D eigenvalue weighted by Gasteiger charge is -2.15. The Morgan fingerprint density at radius 2 is 1.59 bits per heavy atom. The molecule has 4 aromatic rings. The van der Waals surface area contributed by atoms with Gasteiger partial charge in [0.05, 0.1) is 28.1 Å². The number of nitrogens with one attached hydrogen (secondary N) is 2. The van der Waals surface area contributed by atoms with Crippen LogP contribution in [-0.4, -0.2) is 25.5 Å². The predicted octanol–water partition coefficient (Wildman–Crippen LogP) is 5.45. The van der Waals surface area contributed by atoms with Crippen molar-refractivity contribution in [2.24, 2.45) is 0 Å². The van der Waals surface area contributed by atoms with Crippen LogP contribution in [0.25, 0.3) is 11.0 Å². The molecule has 0 saturated carbocycles. The van der Waals surface area contributed by atoms with E-state index in [1.807, 2.05) is 25.1 Å². The molecule has 3 aromatic carbocycles. The third kappa shape index (κ3) is 4.46. The summed E-state index contributed by atoms with van der Waals surface area (Å²) in [7, 11) is -2.38. The quantitative estimate of drug-likeness (QED) is 0.390. The van der Waals surface area contributed by atoms with E-state index in [0.717, 1.165) is 5.56 Å². The zero-order valence-corrected chi connectivity index (χ0v) is 19.3. The maximum Gasteiger partial charge on any atom is 0.263 e. The van der Waals surface area contributed by atoms with Crippen molar-refractivity contribution < 1.29 is 13.2 Å². The van der Waals surface area contributed by atoms with E-state index in [-0.39, 0.29) is 16.5 Å². The molecule has 0 unspecified atom stereocenters. The Bertz CT molecular complexity index is 1420. The van der Waals surface area contributed by atoms with E-state index in [1.165, 1.54) is 7.11 Å². The number of hydrogen-bond donors (Lipinski definition) is 2. The first kappa shape index (κ1) is 21.9. The van der Waals surface area contributed by atoms with Crippen LogP contribution >= 0.6 is 11.6 Å². The van der Waals surface area contributed by atoms with Crippen molar-refractivity contribution in [3.8, 4) is 5.75 Å². The van der Waals surface area contributed by atoms with E-state index in [4.69, 9.17) is 16.3 Å². The summed E-state index contributed by atoms with van der Waals surface area (Å²) in [6.45, 7) is 3.59. The van der Waals surface area contributed by atoms with E-state index in [9.17, 15) is 8.42 Å². The number of hydrogen-bond acceptors (Lipinski definition) is 6. The van der Waals surface area contributed by atoms with Crippen molar-refractivity contribution in [2.75, 3.05) is 17.1 Å². The highest BCUT2D eigenvalue weighted by atomic mass is 35.5. The fraction of sp³-hybridized carbons (Fsp3) is 0.130. The number of para-hydroxylation sites is 2. The van der Waals surface area contributed by atoms with Gasteiger partial charge in [-0.05, 0) is 61.4 Å². The lowest BCUT2D eigenvalue weighted by atomic mass is 10.2. The fourth-order valence-corrected chi connectivity index (χ4v) is 4.82. The summed E-state index contributed by atoms with van der Waals surface area (Å²) in [5.41, 5.74) is 3.25.